The van der Waals surface area contributed by atoms with Crippen LogP contribution in [0.25, 0.3) is 28.5 Å². The van der Waals surface area contributed by atoms with Crippen molar-refractivity contribution in [1.29, 1.82) is 0 Å². The standard InChI is InChI=1S/C57H50N2O/c1-41-24-35-55(43(3)38-41)59(56-36-25-42(2)39-44(56)4)57-37-28-48(52-22-14-15-23-53(52)57)21-13-12-16-45-26-29-49(30-27-45)58(50-31-33-51(60-5)34-32-50)40-54(46-17-8-6-9-18-46)47-19-10-7-11-20-47/h6-10,12-19,21-31,33,35-40H,11,20H2,1-5H3/b16-12+,21-13+,54-40-. The Labute approximate surface area is 356 Å². The summed E-state index contributed by atoms with van der Waals surface area (Å²) in [6.45, 7) is 8.73. The first-order valence-corrected chi connectivity index (χ1v) is 20.7. The number of fused-ring (bicyclic) bond motifs is 1. The molecule has 0 saturated carbocycles. The van der Waals surface area contributed by atoms with Crippen LogP contribution in [0.15, 0.2) is 182 Å². The topological polar surface area (TPSA) is 15.7 Å². The highest BCUT2D eigenvalue weighted by Gasteiger charge is 2.20. The average Bonchev–Trinajstić information content (AvgIpc) is 3.28. The lowest BCUT2D eigenvalue weighted by atomic mass is 9.92. The molecule has 3 nitrogen and oxygen atoms in total. The van der Waals surface area contributed by atoms with Crippen LogP contribution >= 0.6 is 0 Å². The van der Waals surface area contributed by atoms with Crippen molar-refractivity contribution >= 4 is 56.9 Å². The molecule has 0 radical (unpaired) electrons. The third kappa shape index (κ3) is 8.75. The third-order valence-electron chi connectivity index (χ3n) is 11.1. The van der Waals surface area contributed by atoms with Crippen molar-refractivity contribution in [2.24, 2.45) is 0 Å². The summed E-state index contributed by atoms with van der Waals surface area (Å²) in [5, 5.41) is 2.41. The van der Waals surface area contributed by atoms with Gasteiger partial charge < -0.3 is 14.5 Å². The van der Waals surface area contributed by atoms with Crippen LogP contribution in [0.2, 0.25) is 0 Å². The molecule has 0 fully saturated rings. The molecule has 1 aliphatic rings. The minimum atomic E-state index is 0.653. The first-order valence-electron chi connectivity index (χ1n) is 20.7. The number of aryl methyl sites for hydroxylation is 4. The van der Waals surface area contributed by atoms with Crippen molar-refractivity contribution in [2.45, 2.75) is 40.5 Å². The van der Waals surface area contributed by atoms with Crippen molar-refractivity contribution in [1.82, 2.24) is 0 Å². The molecule has 1 aliphatic carbocycles. The smallest absolute Gasteiger partial charge is 0.170 e. The summed E-state index contributed by atoms with van der Waals surface area (Å²) in [6.07, 6.45) is 19.5. The zero-order valence-corrected chi connectivity index (χ0v) is 35.1. The lowest BCUT2D eigenvalue weighted by molar-refractivity contribution is 0.415. The summed E-state index contributed by atoms with van der Waals surface area (Å²) in [5.74, 6) is 0.653. The van der Waals surface area contributed by atoms with Crippen molar-refractivity contribution < 1.29 is 4.74 Å². The Balaban J connectivity index is 1.09. The molecule has 7 aromatic rings. The maximum absolute atomic E-state index is 5.42. The van der Waals surface area contributed by atoms with Gasteiger partial charge >= 0.3 is 0 Å². The second kappa shape index (κ2) is 18.1. The van der Waals surface area contributed by atoms with Gasteiger partial charge in [-0.3, -0.25) is 0 Å². The van der Waals surface area contributed by atoms with E-state index in [4.69, 9.17) is 4.74 Å². The Bertz CT molecular complexity index is 2720. The molecule has 0 bridgehead atoms. The number of hydrogen-bond acceptors (Lipinski definition) is 3. The molecule has 0 heterocycles. The van der Waals surface area contributed by atoms with E-state index >= 15 is 0 Å². The number of allylic oxidation sites excluding steroid dienone is 7. The van der Waals surface area contributed by atoms with E-state index in [1.807, 2.05) is 12.1 Å². The van der Waals surface area contributed by atoms with Crippen LogP contribution in [-0.4, -0.2) is 7.11 Å². The van der Waals surface area contributed by atoms with Crippen LogP contribution in [0.1, 0.15) is 51.8 Å². The quantitative estimate of drug-likeness (QED) is 0.115. The number of ether oxygens (including phenoxy) is 1. The monoisotopic (exact) mass is 778 g/mol. The van der Waals surface area contributed by atoms with Crippen LogP contribution < -0.4 is 14.5 Å². The minimum Gasteiger partial charge on any atom is -0.489 e. The Morgan fingerprint density at radius 2 is 1.30 bits per heavy atom. The molecule has 60 heavy (non-hydrogen) atoms. The predicted molar refractivity (Wildman–Crippen MR) is 256 cm³/mol. The van der Waals surface area contributed by atoms with E-state index in [1.54, 1.807) is 7.11 Å². The van der Waals surface area contributed by atoms with Gasteiger partial charge in [-0.1, -0.05) is 151 Å². The molecule has 294 valence electrons. The highest BCUT2D eigenvalue weighted by molar-refractivity contribution is 6.03. The highest BCUT2D eigenvalue weighted by Crippen LogP contribution is 2.43. The van der Waals surface area contributed by atoms with Gasteiger partial charge in [0, 0.05) is 34.2 Å². The van der Waals surface area contributed by atoms with E-state index in [1.165, 1.54) is 66.7 Å². The predicted octanol–water partition coefficient (Wildman–Crippen LogP) is 15.3. The van der Waals surface area contributed by atoms with Crippen LogP contribution in [0.5, 0.6) is 5.75 Å². The largest absolute Gasteiger partial charge is 0.489 e. The zero-order valence-electron chi connectivity index (χ0n) is 35.1. The molecule has 8 rings (SSSR count). The molecular formula is C57H50N2O. The van der Waals surface area contributed by atoms with Crippen molar-refractivity contribution in [3.63, 3.8) is 0 Å². The molecule has 0 aromatic heterocycles. The van der Waals surface area contributed by atoms with Crippen LogP contribution in [0, 0.1) is 39.8 Å². The second-order valence-corrected chi connectivity index (χ2v) is 15.4. The number of methoxy groups -OCH3 is 1. The number of rotatable bonds is 12. The van der Waals surface area contributed by atoms with Crippen molar-refractivity contribution in [2.75, 3.05) is 16.9 Å². The molecule has 3 heteroatoms. The SMILES string of the molecule is COc1c#cc(N(/C=C(\C2=CC=CCC2)c2ccccc2)c2ccc(/C=C/C=C/c3ccc(N(c4ccc(C)cc4C)c4ccc(C)cc4C)c4ccccc34)cc2)cc1. The highest BCUT2D eigenvalue weighted by atomic mass is 16.5. The lowest BCUT2D eigenvalue weighted by Gasteiger charge is -2.30. The summed E-state index contributed by atoms with van der Waals surface area (Å²) in [7, 11) is 1.65. The summed E-state index contributed by atoms with van der Waals surface area (Å²) in [5.41, 5.74) is 16.4. The molecule has 0 unspecified atom stereocenters. The molecule has 0 atom stereocenters. The van der Waals surface area contributed by atoms with Gasteiger partial charge in [-0.2, -0.15) is 0 Å². The second-order valence-electron chi connectivity index (χ2n) is 15.4. The minimum absolute atomic E-state index is 0.653. The summed E-state index contributed by atoms with van der Waals surface area (Å²) in [4.78, 5) is 4.62. The third-order valence-corrected chi connectivity index (χ3v) is 11.1. The zero-order chi connectivity index (χ0) is 41.4. The molecule has 0 amide bonds. The molecular weight excluding hydrogens is 729 g/mol. The fourth-order valence-electron chi connectivity index (χ4n) is 8.04. The van der Waals surface area contributed by atoms with Gasteiger partial charge in [-0.05, 0) is 134 Å². The van der Waals surface area contributed by atoms with Gasteiger partial charge in [-0.15, -0.1) is 0 Å². The van der Waals surface area contributed by atoms with Gasteiger partial charge in [0.1, 0.15) is 0 Å². The Kier molecular flexibility index (Phi) is 11.9. The first kappa shape index (κ1) is 39.5. The van der Waals surface area contributed by atoms with Gasteiger partial charge in [-0.25, -0.2) is 0 Å². The van der Waals surface area contributed by atoms with E-state index in [0.29, 0.717) is 5.75 Å². The fraction of sp³-hybridized carbons (Fsp3) is 0.123. The van der Waals surface area contributed by atoms with Gasteiger partial charge in [0.05, 0.1) is 18.5 Å². The van der Waals surface area contributed by atoms with E-state index in [-0.39, 0.29) is 0 Å². The summed E-state index contributed by atoms with van der Waals surface area (Å²) in [6, 6.07) is 56.5. The van der Waals surface area contributed by atoms with Crippen molar-refractivity contribution in [3.05, 3.63) is 233 Å². The summed E-state index contributed by atoms with van der Waals surface area (Å²) >= 11 is 0. The summed E-state index contributed by atoms with van der Waals surface area (Å²) < 4.78 is 5.42. The lowest BCUT2D eigenvalue weighted by Crippen LogP contribution is -2.13. The van der Waals surface area contributed by atoms with Crippen LogP contribution in [0.4, 0.5) is 28.4 Å². The Morgan fingerprint density at radius 1 is 0.633 bits per heavy atom. The Hall–Kier alpha value is -7.28. The van der Waals surface area contributed by atoms with E-state index in [2.05, 4.69) is 226 Å². The number of anilines is 5. The average molecular weight is 779 g/mol. The number of nitrogens with zero attached hydrogens (tertiary/aromatic N) is 2. The molecule has 0 spiro atoms. The van der Waals surface area contributed by atoms with E-state index < -0.39 is 0 Å². The van der Waals surface area contributed by atoms with Crippen LogP contribution in [-0.2, 0) is 0 Å². The maximum atomic E-state index is 5.42. The molecule has 0 N–H and O–H groups in total. The van der Waals surface area contributed by atoms with Gasteiger partial charge in [0.2, 0.25) is 0 Å². The van der Waals surface area contributed by atoms with Crippen molar-refractivity contribution in [3.8, 4) is 5.75 Å². The number of benzene rings is 6. The first-order chi connectivity index (χ1) is 29.4. The fourth-order valence-corrected chi connectivity index (χ4v) is 8.04. The molecule has 0 aliphatic heterocycles. The van der Waals surface area contributed by atoms with Crippen LogP contribution in [0.3, 0.4) is 0 Å². The molecule has 0 saturated heterocycles. The number of hydrogen-bond donors (Lipinski definition) is 0. The van der Waals surface area contributed by atoms with Gasteiger partial charge in [0.15, 0.2) is 5.75 Å². The molecule has 7 aromatic carbocycles. The van der Waals surface area contributed by atoms with E-state index in [9.17, 15) is 0 Å². The van der Waals surface area contributed by atoms with Gasteiger partial charge in [0.25, 0.3) is 0 Å². The normalized spacial score (nSPS) is 12.8. The maximum Gasteiger partial charge on any atom is 0.170 e. The van der Waals surface area contributed by atoms with E-state index in [0.717, 1.165) is 35.5 Å². The Morgan fingerprint density at radius 3 is 1.93 bits per heavy atom.